The molecule has 0 aromatic heterocycles. The smallest absolute Gasteiger partial charge is 0.240 e. The molecule has 1 saturated heterocycles. The third-order valence-electron chi connectivity index (χ3n) is 5.87. The highest BCUT2D eigenvalue weighted by molar-refractivity contribution is 6.06. The zero-order chi connectivity index (χ0) is 21.6. The number of hydrazone groups is 1. The van der Waals surface area contributed by atoms with E-state index in [1.807, 2.05) is 37.3 Å². The number of carbonyl (C=O) groups excluding carboxylic acids is 2. The van der Waals surface area contributed by atoms with Gasteiger partial charge in [0, 0.05) is 62.9 Å². The molecule has 2 amide bonds. The molecule has 2 aromatic rings. The van der Waals surface area contributed by atoms with E-state index in [4.69, 9.17) is 0 Å². The second-order valence-electron chi connectivity index (χ2n) is 8.18. The molecule has 1 atom stereocenters. The summed E-state index contributed by atoms with van der Waals surface area (Å²) in [7, 11) is 0. The van der Waals surface area contributed by atoms with E-state index in [0.29, 0.717) is 12.8 Å². The Labute approximate surface area is 183 Å². The molecule has 162 valence electrons. The molecule has 2 heterocycles. The van der Waals surface area contributed by atoms with Crippen LogP contribution in [0.5, 0.6) is 0 Å². The number of nitrogens with zero attached hydrogens (tertiary/aromatic N) is 3. The van der Waals surface area contributed by atoms with Crippen LogP contribution in [0.1, 0.15) is 25.3 Å². The Morgan fingerprint density at radius 2 is 1.77 bits per heavy atom. The topological polar surface area (TPSA) is 77.0 Å². The van der Waals surface area contributed by atoms with E-state index in [1.54, 1.807) is 0 Å². The van der Waals surface area contributed by atoms with Crippen LogP contribution in [-0.2, 0) is 9.59 Å². The second kappa shape index (κ2) is 9.75. The van der Waals surface area contributed by atoms with Gasteiger partial charge in [-0.15, -0.1) is 0 Å². The predicted molar refractivity (Wildman–Crippen MR) is 123 cm³/mol. The predicted octanol–water partition coefficient (Wildman–Crippen LogP) is 2.70. The lowest BCUT2D eigenvalue weighted by atomic mass is 9.94. The molecule has 0 spiro atoms. The Morgan fingerprint density at radius 3 is 2.45 bits per heavy atom. The van der Waals surface area contributed by atoms with Crippen molar-refractivity contribution in [1.29, 1.82) is 0 Å². The van der Waals surface area contributed by atoms with E-state index >= 15 is 0 Å². The minimum Gasteiger partial charge on any atom is -0.369 e. The summed E-state index contributed by atoms with van der Waals surface area (Å²) in [5, 5.41) is 7.16. The standard InChI is InChI=1S/C24H29N5O2/c1-18-17-23(31)26-27-24(18)19-7-9-20(10-8-19)25-22(30)11-12-28-13-15-29(16-14-28)21-5-3-2-4-6-21/h2-10,18H,11-17H2,1H3,(H,25,30)(H,26,31). The molecule has 2 aliphatic heterocycles. The fraction of sp³-hybridized carbons (Fsp3) is 0.375. The molecule has 0 radical (unpaired) electrons. The number of benzene rings is 2. The lowest BCUT2D eigenvalue weighted by molar-refractivity contribution is -0.122. The van der Waals surface area contributed by atoms with Crippen LogP contribution in [0.25, 0.3) is 0 Å². The van der Waals surface area contributed by atoms with Gasteiger partial charge in [-0.05, 0) is 29.8 Å². The number of rotatable bonds is 6. The van der Waals surface area contributed by atoms with Gasteiger partial charge in [0.05, 0.1) is 5.71 Å². The van der Waals surface area contributed by atoms with Crippen LogP contribution < -0.4 is 15.6 Å². The average molecular weight is 420 g/mol. The van der Waals surface area contributed by atoms with Crippen molar-refractivity contribution in [3.63, 3.8) is 0 Å². The van der Waals surface area contributed by atoms with Gasteiger partial charge in [0.1, 0.15) is 0 Å². The minimum atomic E-state index is -0.0541. The van der Waals surface area contributed by atoms with Crippen LogP contribution in [0, 0.1) is 5.92 Å². The fourth-order valence-corrected chi connectivity index (χ4v) is 4.08. The number of hydrogen-bond acceptors (Lipinski definition) is 5. The highest BCUT2D eigenvalue weighted by atomic mass is 16.2. The number of hydrogen-bond donors (Lipinski definition) is 2. The van der Waals surface area contributed by atoms with Crippen molar-refractivity contribution in [1.82, 2.24) is 10.3 Å². The lowest BCUT2D eigenvalue weighted by Crippen LogP contribution is -2.47. The van der Waals surface area contributed by atoms with Gasteiger partial charge in [0.15, 0.2) is 0 Å². The first-order valence-corrected chi connectivity index (χ1v) is 10.9. The molecular weight excluding hydrogens is 390 g/mol. The van der Waals surface area contributed by atoms with E-state index in [1.165, 1.54) is 5.69 Å². The van der Waals surface area contributed by atoms with Crippen LogP contribution in [0.3, 0.4) is 0 Å². The van der Waals surface area contributed by atoms with Gasteiger partial charge in [-0.2, -0.15) is 5.10 Å². The lowest BCUT2D eigenvalue weighted by Gasteiger charge is -2.36. The molecule has 7 heteroatoms. The van der Waals surface area contributed by atoms with Crippen molar-refractivity contribution in [3.05, 3.63) is 60.2 Å². The maximum absolute atomic E-state index is 12.4. The number of piperazine rings is 1. The summed E-state index contributed by atoms with van der Waals surface area (Å²) in [5.74, 6) is 0.0482. The molecule has 1 unspecified atom stereocenters. The normalized spacial score (nSPS) is 19.5. The van der Waals surface area contributed by atoms with E-state index in [-0.39, 0.29) is 17.7 Å². The molecule has 1 fully saturated rings. The van der Waals surface area contributed by atoms with E-state index in [0.717, 1.165) is 49.7 Å². The van der Waals surface area contributed by atoms with Crippen molar-refractivity contribution in [2.24, 2.45) is 11.0 Å². The molecule has 2 aromatic carbocycles. The number of nitrogens with one attached hydrogen (secondary N) is 2. The third kappa shape index (κ3) is 5.49. The molecule has 0 aliphatic carbocycles. The van der Waals surface area contributed by atoms with Crippen molar-refractivity contribution in [3.8, 4) is 0 Å². The van der Waals surface area contributed by atoms with Crippen LogP contribution in [0.2, 0.25) is 0 Å². The van der Waals surface area contributed by atoms with Gasteiger partial charge in [-0.25, -0.2) is 5.43 Å². The van der Waals surface area contributed by atoms with Gasteiger partial charge in [-0.3, -0.25) is 14.5 Å². The van der Waals surface area contributed by atoms with Gasteiger partial charge in [-0.1, -0.05) is 37.3 Å². The van der Waals surface area contributed by atoms with Crippen molar-refractivity contribution in [2.45, 2.75) is 19.8 Å². The first kappa shape index (κ1) is 21.1. The Balaban J connectivity index is 1.22. The molecule has 31 heavy (non-hydrogen) atoms. The SMILES string of the molecule is CC1CC(=O)NN=C1c1ccc(NC(=O)CCN2CCN(c3ccccc3)CC2)cc1. The monoisotopic (exact) mass is 419 g/mol. The summed E-state index contributed by atoms with van der Waals surface area (Å²) < 4.78 is 0. The maximum Gasteiger partial charge on any atom is 0.240 e. The minimum absolute atomic E-state index is 0.0221. The highest BCUT2D eigenvalue weighted by Crippen LogP contribution is 2.19. The molecule has 4 rings (SSSR count). The number of anilines is 2. The van der Waals surface area contributed by atoms with Gasteiger partial charge >= 0.3 is 0 Å². The van der Waals surface area contributed by atoms with Gasteiger partial charge in [0.2, 0.25) is 11.8 Å². The van der Waals surface area contributed by atoms with E-state index in [9.17, 15) is 9.59 Å². The van der Waals surface area contributed by atoms with Crippen molar-refractivity contribution >= 4 is 28.9 Å². The maximum atomic E-state index is 12.4. The van der Waals surface area contributed by atoms with Crippen molar-refractivity contribution < 1.29 is 9.59 Å². The summed E-state index contributed by atoms with van der Waals surface area (Å²) in [6, 6.07) is 18.1. The number of amides is 2. The molecular formula is C24H29N5O2. The summed E-state index contributed by atoms with van der Waals surface area (Å²) in [6.45, 7) is 6.65. The summed E-state index contributed by atoms with van der Waals surface area (Å²) in [6.07, 6.45) is 0.916. The fourth-order valence-electron chi connectivity index (χ4n) is 4.08. The summed E-state index contributed by atoms with van der Waals surface area (Å²) >= 11 is 0. The average Bonchev–Trinajstić information content (AvgIpc) is 2.79. The first-order chi connectivity index (χ1) is 15.1. The van der Waals surface area contributed by atoms with E-state index < -0.39 is 0 Å². The Kier molecular flexibility index (Phi) is 6.62. The zero-order valence-electron chi connectivity index (χ0n) is 17.9. The van der Waals surface area contributed by atoms with Crippen LogP contribution in [-0.4, -0.2) is 55.1 Å². The van der Waals surface area contributed by atoms with Gasteiger partial charge < -0.3 is 10.2 Å². The van der Waals surface area contributed by atoms with Gasteiger partial charge in [0.25, 0.3) is 0 Å². The zero-order valence-corrected chi connectivity index (χ0v) is 17.9. The largest absolute Gasteiger partial charge is 0.369 e. The second-order valence-corrected chi connectivity index (χ2v) is 8.18. The molecule has 0 saturated carbocycles. The first-order valence-electron chi connectivity index (χ1n) is 10.9. The number of para-hydroxylation sites is 1. The Bertz CT molecular complexity index is 934. The van der Waals surface area contributed by atoms with Crippen LogP contribution in [0.4, 0.5) is 11.4 Å². The molecule has 7 nitrogen and oxygen atoms in total. The Hall–Kier alpha value is -3.19. The van der Waals surface area contributed by atoms with Crippen LogP contribution >= 0.6 is 0 Å². The molecule has 0 bridgehead atoms. The third-order valence-corrected chi connectivity index (χ3v) is 5.87. The molecule has 2 aliphatic rings. The van der Waals surface area contributed by atoms with Crippen molar-refractivity contribution in [2.75, 3.05) is 42.9 Å². The van der Waals surface area contributed by atoms with Crippen LogP contribution in [0.15, 0.2) is 59.7 Å². The summed E-state index contributed by atoms with van der Waals surface area (Å²) in [4.78, 5) is 28.5. The quantitative estimate of drug-likeness (QED) is 0.755. The number of carbonyl (C=O) groups is 2. The van der Waals surface area contributed by atoms with E-state index in [2.05, 4.69) is 49.9 Å². The Morgan fingerprint density at radius 1 is 1.06 bits per heavy atom. The highest BCUT2D eigenvalue weighted by Gasteiger charge is 2.21. The molecule has 2 N–H and O–H groups in total. The summed E-state index contributed by atoms with van der Waals surface area (Å²) in [5.41, 5.74) is 6.40.